The molecule has 1 saturated heterocycles. The summed E-state index contributed by atoms with van der Waals surface area (Å²) in [6, 6.07) is 0. The van der Waals surface area contributed by atoms with Crippen LogP contribution < -0.4 is 0 Å². The van der Waals surface area contributed by atoms with Crippen molar-refractivity contribution in [3.8, 4) is 0 Å². The number of likely N-dealkylation sites (N-methyl/N-ethyl adjacent to an activating group) is 1. The zero-order valence-electron chi connectivity index (χ0n) is 7.54. The zero-order valence-corrected chi connectivity index (χ0v) is 9.13. The van der Waals surface area contributed by atoms with Gasteiger partial charge in [-0.1, -0.05) is 15.9 Å². The zero-order chi connectivity index (χ0) is 8.97. The molecule has 0 radical (unpaired) electrons. The Hall–Kier alpha value is 0.360. The molecular weight excluding hydrogens is 220 g/mol. The summed E-state index contributed by atoms with van der Waals surface area (Å²) in [6.45, 7) is 5.21. The van der Waals surface area contributed by atoms with Crippen LogP contribution in [0.4, 0.5) is 0 Å². The third-order valence-corrected chi connectivity index (χ3v) is 2.99. The maximum Gasteiger partial charge on any atom is 0.0763 e. The van der Waals surface area contributed by atoms with Crippen LogP contribution in [0.5, 0.6) is 0 Å². The lowest BCUT2D eigenvalue weighted by Gasteiger charge is -2.33. The Morgan fingerprint density at radius 3 is 2.42 bits per heavy atom. The Balaban J connectivity index is 2.17. The van der Waals surface area contributed by atoms with Crippen LogP contribution in [0, 0.1) is 0 Å². The second-order valence-electron chi connectivity index (χ2n) is 3.41. The molecular formula is C8H17BrN2O. The molecule has 0 amide bonds. The van der Waals surface area contributed by atoms with Gasteiger partial charge in [-0.15, -0.1) is 0 Å². The van der Waals surface area contributed by atoms with Crippen LogP contribution in [-0.4, -0.2) is 66.1 Å². The minimum Gasteiger partial charge on any atom is -0.391 e. The van der Waals surface area contributed by atoms with E-state index < -0.39 is 0 Å². The van der Waals surface area contributed by atoms with Crippen molar-refractivity contribution >= 4 is 15.9 Å². The fraction of sp³-hybridized carbons (Fsp3) is 1.00. The molecule has 12 heavy (non-hydrogen) atoms. The average molecular weight is 237 g/mol. The highest BCUT2D eigenvalue weighted by atomic mass is 79.9. The molecule has 72 valence electrons. The first-order valence-corrected chi connectivity index (χ1v) is 5.49. The highest BCUT2D eigenvalue weighted by molar-refractivity contribution is 9.09. The van der Waals surface area contributed by atoms with Crippen LogP contribution in [0.1, 0.15) is 0 Å². The van der Waals surface area contributed by atoms with E-state index in [-0.39, 0.29) is 6.10 Å². The lowest BCUT2D eigenvalue weighted by Crippen LogP contribution is -2.47. The van der Waals surface area contributed by atoms with Crippen LogP contribution in [0.2, 0.25) is 0 Å². The number of hydrogen-bond acceptors (Lipinski definition) is 3. The van der Waals surface area contributed by atoms with Crippen LogP contribution in [0.3, 0.4) is 0 Å². The van der Waals surface area contributed by atoms with Crippen molar-refractivity contribution in [3.63, 3.8) is 0 Å². The number of hydrogen-bond donors (Lipinski definition) is 1. The molecule has 1 N–H and O–H groups in total. The Labute approximate surface area is 82.5 Å². The molecule has 4 heteroatoms. The summed E-state index contributed by atoms with van der Waals surface area (Å²) >= 11 is 3.27. The van der Waals surface area contributed by atoms with E-state index in [1.54, 1.807) is 0 Å². The number of piperazine rings is 1. The van der Waals surface area contributed by atoms with Crippen molar-refractivity contribution in [2.24, 2.45) is 0 Å². The van der Waals surface area contributed by atoms with Crippen molar-refractivity contribution in [2.45, 2.75) is 6.10 Å². The second kappa shape index (κ2) is 5.17. The van der Waals surface area contributed by atoms with Crippen LogP contribution in [-0.2, 0) is 0 Å². The summed E-state index contributed by atoms with van der Waals surface area (Å²) in [6.07, 6.45) is -0.214. The van der Waals surface area contributed by atoms with E-state index in [1.807, 2.05) is 0 Å². The lowest BCUT2D eigenvalue weighted by molar-refractivity contribution is 0.0926. The van der Waals surface area contributed by atoms with Crippen LogP contribution >= 0.6 is 15.9 Å². The van der Waals surface area contributed by atoms with Gasteiger partial charge in [0.05, 0.1) is 6.10 Å². The van der Waals surface area contributed by atoms with E-state index in [0.717, 1.165) is 32.7 Å². The molecule has 1 unspecified atom stereocenters. The highest BCUT2D eigenvalue weighted by Crippen LogP contribution is 2.01. The molecule has 1 atom stereocenters. The minimum atomic E-state index is -0.214. The molecule has 1 aliphatic heterocycles. The summed E-state index contributed by atoms with van der Waals surface area (Å²) < 4.78 is 0. The predicted octanol–water partition coefficient (Wildman–Crippen LogP) is -0.0104. The van der Waals surface area contributed by atoms with Gasteiger partial charge in [0.25, 0.3) is 0 Å². The largest absolute Gasteiger partial charge is 0.391 e. The standard InChI is InChI=1S/C8H17BrN2O/c1-10-2-4-11(5-3-10)7-8(12)6-9/h8,12H,2-7H2,1H3. The van der Waals surface area contributed by atoms with E-state index in [4.69, 9.17) is 0 Å². The summed E-state index contributed by atoms with van der Waals surface area (Å²) in [5.41, 5.74) is 0. The molecule has 0 aromatic carbocycles. The Kier molecular flexibility index (Phi) is 4.50. The Morgan fingerprint density at radius 2 is 1.92 bits per heavy atom. The second-order valence-corrected chi connectivity index (χ2v) is 4.06. The topological polar surface area (TPSA) is 26.7 Å². The Morgan fingerprint density at radius 1 is 1.33 bits per heavy atom. The van der Waals surface area contributed by atoms with Gasteiger partial charge in [-0.05, 0) is 7.05 Å². The van der Waals surface area contributed by atoms with Gasteiger partial charge in [0.15, 0.2) is 0 Å². The van der Waals surface area contributed by atoms with E-state index in [0.29, 0.717) is 5.33 Å². The number of alkyl halides is 1. The maximum atomic E-state index is 9.37. The van der Waals surface area contributed by atoms with Gasteiger partial charge in [-0.2, -0.15) is 0 Å². The Bertz CT molecular complexity index is 126. The number of rotatable bonds is 3. The van der Waals surface area contributed by atoms with Crippen molar-refractivity contribution in [1.29, 1.82) is 0 Å². The third-order valence-electron chi connectivity index (χ3n) is 2.24. The molecule has 0 aliphatic carbocycles. The maximum absolute atomic E-state index is 9.37. The normalized spacial score (nSPS) is 24.2. The van der Waals surface area contributed by atoms with E-state index in [2.05, 4.69) is 32.8 Å². The lowest BCUT2D eigenvalue weighted by atomic mass is 10.3. The first kappa shape index (κ1) is 10.4. The SMILES string of the molecule is CN1CCN(CC(O)CBr)CC1. The molecule has 3 nitrogen and oxygen atoms in total. The van der Waals surface area contributed by atoms with E-state index >= 15 is 0 Å². The van der Waals surface area contributed by atoms with E-state index in [1.165, 1.54) is 0 Å². The molecule has 1 aliphatic rings. The van der Waals surface area contributed by atoms with Crippen LogP contribution in [0.25, 0.3) is 0 Å². The van der Waals surface area contributed by atoms with Crippen molar-refractivity contribution in [3.05, 3.63) is 0 Å². The van der Waals surface area contributed by atoms with Crippen molar-refractivity contribution in [2.75, 3.05) is 45.1 Å². The predicted molar refractivity (Wildman–Crippen MR) is 53.7 cm³/mol. The summed E-state index contributed by atoms with van der Waals surface area (Å²) in [5.74, 6) is 0. The van der Waals surface area contributed by atoms with Gasteiger partial charge >= 0.3 is 0 Å². The van der Waals surface area contributed by atoms with E-state index in [9.17, 15) is 5.11 Å². The first-order valence-electron chi connectivity index (χ1n) is 4.37. The van der Waals surface area contributed by atoms with Gasteiger partial charge in [-0.3, -0.25) is 4.90 Å². The molecule has 0 aromatic heterocycles. The number of nitrogens with zero attached hydrogens (tertiary/aromatic N) is 2. The van der Waals surface area contributed by atoms with Crippen LogP contribution in [0.15, 0.2) is 0 Å². The first-order chi connectivity index (χ1) is 5.72. The number of aliphatic hydroxyl groups is 1. The fourth-order valence-electron chi connectivity index (χ4n) is 1.38. The molecule has 1 heterocycles. The number of β-amino-alcohol motifs (C(OH)–C–C–N with tert-alkyl or cyclic N) is 1. The van der Waals surface area contributed by atoms with Gasteiger partial charge in [-0.25, -0.2) is 0 Å². The van der Waals surface area contributed by atoms with Gasteiger partial charge in [0, 0.05) is 38.1 Å². The third kappa shape index (κ3) is 3.39. The molecule has 0 saturated carbocycles. The minimum absolute atomic E-state index is 0.214. The summed E-state index contributed by atoms with van der Waals surface area (Å²) in [4.78, 5) is 4.63. The van der Waals surface area contributed by atoms with Gasteiger partial charge in [0.1, 0.15) is 0 Å². The molecule has 1 fully saturated rings. The van der Waals surface area contributed by atoms with Gasteiger partial charge < -0.3 is 10.0 Å². The molecule has 0 spiro atoms. The number of aliphatic hydroxyl groups excluding tert-OH is 1. The molecule has 0 aromatic rings. The summed E-state index contributed by atoms with van der Waals surface area (Å²) in [5, 5.41) is 10.1. The smallest absolute Gasteiger partial charge is 0.0763 e. The quantitative estimate of drug-likeness (QED) is 0.699. The fourth-order valence-corrected chi connectivity index (χ4v) is 1.58. The molecule has 0 bridgehead atoms. The highest BCUT2D eigenvalue weighted by Gasteiger charge is 2.15. The van der Waals surface area contributed by atoms with Crippen molar-refractivity contribution in [1.82, 2.24) is 9.80 Å². The summed E-state index contributed by atoms with van der Waals surface area (Å²) in [7, 11) is 2.14. The number of halogens is 1. The average Bonchev–Trinajstić information content (AvgIpc) is 2.09. The van der Waals surface area contributed by atoms with Crippen molar-refractivity contribution < 1.29 is 5.11 Å². The monoisotopic (exact) mass is 236 g/mol. The molecule has 1 rings (SSSR count). The van der Waals surface area contributed by atoms with Gasteiger partial charge in [0.2, 0.25) is 0 Å².